The van der Waals surface area contributed by atoms with Crippen LogP contribution in [0.15, 0.2) is 18.2 Å². The van der Waals surface area contributed by atoms with Crippen LogP contribution < -0.4 is 5.32 Å². The van der Waals surface area contributed by atoms with Gasteiger partial charge < -0.3 is 10.1 Å². The smallest absolute Gasteiger partial charge is 0.338 e. The van der Waals surface area contributed by atoms with Crippen LogP contribution in [-0.2, 0) is 4.74 Å². The Balaban J connectivity index is 2.38. The Morgan fingerprint density at radius 3 is 2.85 bits per heavy atom. The van der Waals surface area contributed by atoms with Crippen LogP contribution in [0.1, 0.15) is 38.6 Å². The van der Waals surface area contributed by atoms with E-state index in [1.165, 1.54) is 25.3 Å². The lowest BCUT2D eigenvalue weighted by molar-refractivity contribution is -0.0420. The third-order valence-corrected chi connectivity index (χ3v) is 3.49. The second-order valence-corrected chi connectivity index (χ2v) is 4.74. The summed E-state index contributed by atoms with van der Waals surface area (Å²) in [5.74, 6) is -4.48. The average molecular weight is 283 g/mol. The Kier molecular flexibility index (Phi) is 4.13. The molecule has 0 bridgehead atoms. The first-order chi connectivity index (χ1) is 9.49. The van der Waals surface area contributed by atoms with Crippen molar-refractivity contribution in [3.63, 3.8) is 0 Å². The van der Waals surface area contributed by atoms with E-state index in [-0.39, 0.29) is 24.1 Å². The Morgan fingerprint density at radius 2 is 2.25 bits per heavy atom. The Morgan fingerprint density at radius 1 is 1.50 bits per heavy atom. The van der Waals surface area contributed by atoms with Gasteiger partial charge in [0, 0.05) is 5.56 Å². The van der Waals surface area contributed by atoms with Gasteiger partial charge in [-0.25, -0.2) is 13.6 Å². The van der Waals surface area contributed by atoms with Crippen molar-refractivity contribution in [1.82, 2.24) is 5.32 Å². The van der Waals surface area contributed by atoms with Crippen molar-refractivity contribution >= 4 is 12.3 Å². The van der Waals surface area contributed by atoms with Crippen molar-refractivity contribution in [3.8, 4) is 0 Å². The number of ether oxygens (including phenoxy) is 1. The maximum atomic E-state index is 13.9. The van der Waals surface area contributed by atoms with Gasteiger partial charge in [-0.3, -0.25) is 4.79 Å². The fourth-order valence-corrected chi connectivity index (χ4v) is 2.44. The Hall–Kier alpha value is -1.82. The maximum Gasteiger partial charge on any atom is 0.338 e. The van der Waals surface area contributed by atoms with E-state index < -0.39 is 17.8 Å². The maximum absolute atomic E-state index is 13.9. The number of methoxy groups -OCH3 is 1. The van der Waals surface area contributed by atoms with Crippen LogP contribution in [0.4, 0.5) is 8.78 Å². The van der Waals surface area contributed by atoms with E-state index in [1.54, 1.807) is 0 Å². The van der Waals surface area contributed by atoms with Crippen LogP contribution in [0, 0.1) is 0 Å². The molecule has 0 amide bonds. The third kappa shape index (κ3) is 2.70. The van der Waals surface area contributed by atoms with Gasteiger partial charge in [0.2, 0.25) is 0 Å². The Labute approximate surface area is 115 Å². The largest absolute Gasteiger partial charge is 0.465 e. The molecule has 20 heavy (non-hydrogen) atoms. The van der Waals surface area contributed by atoms with E-state index in [9.17, 15) is 18.4 Å². The topological polar surface area (TPSA) is 55.4 Å². The first kappa shape index (κ1) is 14.6. The predicted molar refractivity (Wildman–Crippen MR) is 68.3 cm³/mol. The van der Waals surface area contributed by atoms with Gasteiger partial charge in [0.15, 0.2) is 6.29 Å². The molecule has 0 aromatic heterocycles. The molecule has 1 aromatic rings. The van der Waals surface area contributed by atoms with Gasteiger partial charge in [-0.15, -0.1) is 0 Å². The van der Waals surface area contributed by atoms with Gasteiger partial charge in [-0.1, -0.05) is 6.07 Å². The molecule has 108 valence electrons. The van der Waals surface area contributed by atoms with Crippen LogP contribution in [0.3, 0.4) is 0 Å². The number of nitrogens with one attached hydrogen (secondary N) is 1. The number of benzene rings is 1. The van der Waals surface area contributed by atoms with Gasteiger partial charge in [0.05, 0.1) is 25.1 Å². The summed E-state index contributed by atoms with van der Waals surface area (Å²) < 4.78 is 32.3. The van der Waals surface area contributed by atoms with Crippen molar-refractivity contribution < 1.29 is 23.1 Å². The second kappa shape index (κ2) is 5.66. The van der Waals surface area contributed by atoms with E-state index in [0.717, 1.165) is 0 Å². The highest BCUT2D eigenvalue weighted by atomic mass is 19.3. The molecule has 0 saturated carbocycles. The van der Waals surface area contributed by atoms with E-state index in [1.807, 2.05) is 0 Å². The number of halogens is 2. The number of carbonyl (C=O) groups is 2. The van der Waals surface area contributed by atoms with Crippen molar-refractivity contribution in [3.05, 3.63) is 34.9 Å². The highest BCUT2D eigenvalue weighted by Crippen LogP contribution is 2.38. The molecule has 6 heteroatoms. The normalized spacial score (nSPS) is 21.2. The number of aldehydes is 1. The lowest BCUT2D eigenvalue weighted by Gasteiger charge is -2.32. The summed E-state index contributed by atoms with van der Waals surface area (Å²) in [7, 11) is 1.20. The molecule has 1 heterocycles. The standard InChI is InChI=1S/C14H15F2NO3/c1-20-13(19)11-3-2-9(6-10(11)7-18)12-4-5-17-8-14(12,15)16/h2-3,6-7,12,17H,4-5,8H2,1H3. The van der Waals surface area contributed by atoms with E-state index in [4.69, 9.17) is 0 Å². The fraction of sp³-hybridized carbons (Fsp3) is 0.429. The van der Waals surface area contributed by atoms with E-state index in [0.29, 0.717) is 18.4 Å². The lowest BCUT2D eigenvalue weighted by atomic mass is 9.85. The first-order valence-corrected chi connectivity index (χ1v) is 6.25. The fourth-order valence-electron chi connectivity index (χ4n) is 2.44. The van der Waals surface area contributed by atoms with Crippen molar-refractivity contribution in [2.75, 3.05) is 20.2 Å². The summed E-state index contributed by atoms with van der Waals surface area (Å²) in [5, 5.41) is 2.65. The zero-order valence-corrected chi connectivity index (χ0v) is 11.0. The minimum Gasteiger partial charge on any atom is -0.465 e. The summed E-state index contributed by atoms with van der Waals surface area (Å²) in [6, 6.07) is 4.18. The number of piperidine rings is 1. The summed E-state index contributed by atoms with van der Waals surface area (Å²) >= 11 is 0. The monoisotopic (exact) mass is 283 g/mol. The molecule has 1 fully saturated rings. The molecular formula is C14H15F2NO3. The van der Waals surface area contributed by atoms with Gasteiger partial charge in [0.25, 0.3) is 5.92 Å². The number of rotatable bonds is 3. The number of alkyl halides is 2. The second-order valence-electron chi connectivity index (χ2n) is 4.74. The molecule has 1 aromatic carbocycles. The van der Waals surface area contributed by atoms with E-state index >= 15 is 0 Å². The molecule has 1 unspecified atom stereocenters. The van der Waals surface area contributed by atoms with Crippen molar-refractivity contribution in [2.24, 2.45) is 0 Å². The summed E-state index contributed by atoms with van der Waals surface area (Å²) in [4.78, 5) is 22.5. The lowest BCUT2D eigenvalue weighted by Crippen LogP contribution is -2.44. The number of hydrogen-bond donors (Lipinski definition) is 1. The number of esters is 1. The van der Waals surface area contributed by atoms with Gasteiger partial charge in [-0.2, -0.15) is 0 Å². The predicted octanol–water partition coefficient (Wildman–Crippen LogP) is 2.00. The molecule has 1 aliphatic rings. The summed E-state index contributed by atoms with van der Waals surface area (Å²) in [5.41, 5.74) is 0.526. The molecule has 1 atom stereocenters. The molecule has 0 spiro atoms. The number of hydrogen-bond acceptors (Lipinski definition) is 4. The molecule has 1 saturated heterocycles. The van der Waals surface area contributed by atoms with Crippen molar-refractivity contribution in [2.45, 2.75) is 18.3 Å². The average Bonchev–Trinajstić information content (AvgIpc) is 2.45. The molecule has 0 aliphatic carbocycles. The van der Waals surface area contributed by atoms with Gasteiger partial charge in [0.1, 0.15) is 0 Å². The summed E-state index contributed by atoms with van der Waals surface area (Å²) in [6.07, 6.45) is 0.762. The van der Waals surface area contributed by atoms with Crippen LogP contribution in [-0.4, -0.2) is 38.4 Å². The molecule has 0 radical (unpaired) electrons. The van der Waals surface area contributed by atoms with Crippen LogP contribution >= 0.6 is 0 Å². The Bertz CT molecular complexity index is 531. The van der Waals surface area contributed by atoms with Crippen molar-refractivity contribution in [1.29, 1.82) is 0 Å². The SMILES string of the molecule is COC(=O)c1ccc(C2CCNCC2(F)F)cc1C=O. The van der Waals surface area contributed by atoms with Gasteiger partial charge >= 0.3 is 5.97 Å². The zero-order valence-electron chi connectivity index (χ0n) is 11.0. The van der Waals surface area contributed by atoms with Gasteiger partial charge in [-0.05, 0) is 30.7 Å². The van der Waals surface area contributed by atoms with Crippen LogP contribution in [0.25, 0.3) is 0 Å². The first-order valence-electron chi connectivity index (χ1n) is 6.25. The van der Waals surface area contributed by atoms with Crippen LogP contribution in [0.5, 0.6) is 0 Å². The highest BCUT2D eigenvalue weighted by molar-refractivity contribution is 5.98. The highest BCUT2D eigenvalue weighted by Gasteiger charge is 2.42. The van der Waals surface area contributed by atoms with Crippen LogP contribution in [0.2, 0.25) is 0 Å². The third-order valence-electron chi connectivity index (χ3n) is 3.49. The minimum absolute atomic E-state index is 0.0729. The summed E-state index contributed by atoms with van der Waals surface area (Å²) in [6.45, 7) is 0.113. The molecule has 2 rings (SSSR count). The zero-order chi connectivity index (χ0) is 14.8. The molecule has 1 N–H and O–H groups in total. The minimum atomic E-state index is -2.87. The van der Waals surface area contributed by atoms with E-state index in [2.05, 4.69) is 10.1 Å². The molecular weight excluding hydrogens is 268 g/mol. The molecule has 4 nitrogen and oxygen atoms in total. The number of carbonyl (C=O) groups excluding carboxylic acids is 2. The molecule has 1 aliphatic heterocycles. The quantitative estimate of drug-likeness (QED) is 0.681.